The van der Waals surface area contributed by atoms with Crippen molar-refractivity contribution in [3.63, 3.8) is 0 Å². The molecule has 0 radical (unpaired) electrons. The van der Waals surface area contributed by atoms with Crippen molar-refractivity contribution in [3.8, 4) is 0 Å². The van der Waals surface area contributed by atoms with Crippen LogP contribution >= 0.6 is 0 Å². The number of ether oxygens (including phenoxy) is 12. The van der Waals surface area contributed by atoms with Crippen molar-refractivity contribution in [2.75, 3.05) is 33.5 Å². The van der Waals surface area contributed by atoms with Crippen molar-refractivity contribution in [1.82, 2.24) is 0 Å². The average molecular weight is 773 g/mol. The Kier molecular flexibility index (Phi) is 15.9. The number of methoxy groups -OCH3 is 1. The lowest BCUT2D eigenvalue weighted by Crippen LogP contribution is -2.64. The Morgan fingerprint density at radius 3 is 1.70 bits per heavy atom. The monoisotopic (exact) mass is 772 g/mol. The number of carbonyl (C=O) groups excluding carboxylic acids is 8. The van der Waals surface area contributed by atoms with Crippen LogP contribution in [0.3, 0.4) is 0 Å². The van der Waals surface area contributed by atoms with Crippen LogP contribution in [-0.4, -0.2) is 130 Å². The quantitative estimate of drug-likeness (QED) is 0.115. The van der Waals surface area contributed by atoms with Crippen LogP contribution in [0, 0.1) is 11.8 Å². The van der Waals surface area contributed by atoms with Gasteiger partial charge in [-0.1, -0.05) is 0 Å². The molecule has 0 spiro atoms. The van der Waals surface area contributed by atoms with Gasteiger partial charge in [-0.15, -0.1) is 0 Å². The molecule has 300 valence electrons. The molecule has 3 aliphatic rings. The van der Waals surface area contributed by atoms with E-state index in [-0.39, 0.29) is 25.4 Å². The lowest BCUT2D eigenvalue weighted by Gasteiger charge is -2.46. The van der Waals surface area contributed by atoms with Crippen LogP contribution < -0.4 is 0 Å². The molecule has 0 N–H and O–H groups in total. The van der Waals surface area contributed by atoms with Crippen molar-refractivity contribution >= 4 is 47.8 Å². The molecule has 1 aliphatic carbocycles. The Labute approximate surface area is 309 Å². The maximum Gasteiger partial charge on any atom is 0.337 e. The van der Waals surface area contributed by atoms with Crippen LogP contribution in [0.25, 0.3) is 0 Å². The SMILES string of the molecule is COC(=O)C1=CO[C@@H](O[C@@H]2O[C@H](COC(COC(C)=O)COC(C)=O)[C@@H](OC(C)=O)[C@H](OC(C)=O)[C@H]2OC(C)=O)[C@@H]2C(COC(C)=O)=C[C@@H](OC(C)=O)[C@H]12. The number of fused-ring (bicyclic) bond motifs is 1. The highest BCUT2D eigenvalue weighted by Gasteiger charge is 2.56. The van der Waals surface area contributed by atoms with Gasteiger partial charge >= 0.3 is 47.8 Å². The Morgan fingerprint density at radius 2 is 1.19 bits per heavy atom. The summed E-state index contributed by atoms with van der Waals surface area (Å²) in [5, 5.41) is 0. The predicted octanol–water partition coefficient (Wildman–Crippen LogP) is 0.115. The van der Waals surface area contributed by atoms with E-state index in [2.05, 4.69) is 0 Å². The van der Waals surface area contributed by atoms with Gasteiger partial charge in [0.15, 0.2) is 18.3 Å². The lowest BCUT2D eigenvalue weighted by atomic mass is 9.82. The van der Waals surface area contributed by atoms with E-state index in [0.29, 0.717) is 5.57 Å². The molecule has 0 amide bonds. The van der Waals surface area contributed by atoms with Gasteiger partial charge in [0.25, 0.3) is 0 Å². The molecule has 0 bridgehead atoms. The van der Waals surface area contributed by atoms with E-state index in [0.717, 1.165) is 54.9 Å². The summed E-state index contributed by atoms with van der Waals surface area (Å²) in [7, 11) is 1.13. The van der Waals surface area contributed by atoms with Crippen molar-refractivity contribution in [2.24, 2.45) is 11.8 Å². The summed E-state index contributed by atoms with van der Waals surface area (Å²) in [5.74, 6) is -8.20. The molecule has 0 aromatic rings. The molecule has 20 nitrogen and oxygen atoms in total. The van der Waals surface area contributed by atoms with Crippen LogP contribution in [0.2, 0.25) is 0 Å². The van der Waals surface area contributed by atoms with Gasteiger partial charge in [0.05, 0.1) is 31.5 Å². The van der Waals surface area contributed by atoms with E-state index < -0.39 is 115 Å². The third-order valence-electron chi connectivity index (χ3n) is 7.90. The van der Waals surface area contributed by atoms with Gasteiger partial charge in [0, 0.05) is 54.4 Å². The first-order valence-electron chi connectivity index (χ1n) is 16.6. The molecule has 2 aliphatic heterocycles. The van der Waals surface area contributed by atoms with Gasteiger partial charge < -0.3 is 56.8 Å². The number of hydrogen-bond donors (Lipinski definition) is 0. The normalized spacial score (nSPS) is 27.1. The van der Waals surface area contributed by atoms with Gasteiger partial charge in [-0.3, -0.25) is 33.6 Å². The van der Waals surface area contributed by atoms with Crippen LogP contribution in [-0.2, 0) is 95.2 Å². The molecule has 20 heteroatoms. The minimum absolute atomic E-state index is 0.0608. The summed E-state index contributed by atoms with van der Waals surface area (Å²) < 4.78 is 66.5. The lowest BCUT2D eigenvalue weighted by molar-refractivity contribution is -0.344. The smallest absolute Gasteiger partial charge is 0.337 e. The summed E-state index contributed by atoms with van der Waals surface area (Å²) in [6.45, 7) is 6.19. The van der Waals surface area contributed by atoms with Gasteiger partial charge in [-0.25, -0.2) is 4.79 Å². The summed E-state index contributed by atoms with van der Waals surface area (Å²) >= 11 is 0. The van der Waals surface area contributed by atoms with Crippen LogP contribution in [0.4, 0.5) is 0 Å². The fourth-order valence-electron chi connectivity index (χ4n) is 5.95. The molecule has 9 atom stereocenters. The van der Waals surface area contributed by atoms with Crippen LogP contribution in [0.15, 0.2) is 23.5 Å². The predicted molar refractivity (Wildman–Crippen MR) is 172 cm³/mol. The zero-order valence-electron chi connectivity index (χ0n) is 30.9. The Balaban J connectivity index is 2.09. The number of hydrogen-bond acceptors (Lipinski definition) is 20. The minimum atomic E-state index is -1.72. The number of carbonyl (C=O) groups is 8. The first-order valence-corrected chi connectivity index (χ1v) is 16.6. The Morgan fingerprint density at radius 1 is 0.648 bits per heavy atom. The van der Waals surface area contributed by atoms with Gasteiger partial charge in [0.1, 0.15) is 38.1 Å². The van der Waals surface area contributed by atoms with Crippen molar-refractivity contribution in [2.45, 2.75) is 97.7 Å². The fourth-order valence-corrected chi connectivity index (χ4v) is 5.95. The van der Waals surface area contributed by atoms with E-state index >= 15 is 0 Å². The summed E-state index contributed by atoms with van der Waals surface area (Å²) in [5.41, 5.74) is 0.239. The van der Waals surface area contributed by atoms with E-state index in [4.69, 9.17) is 56.8 Å². The fraction of sp³-hybridized carbons (Fsp3) is 0.647. The first-order chi connectivity index (χ1) is 25.4. The molecular formula is C34H44O20. The second-order valence-electron chi connectivity index (χ2n) is 12.2. The summed E-state index contributed by atoms with van der Waals surface area (Å²) in [6, 6.07) is 0. The molecule has 0 aromatic heterocycles. The van der Waals surface area contributed by atoms with E-state index in [1.54, 1.807) is 0 Å². The molecule has 54 heavy (non-hydrogen) atoms. The van der Waals surface area contributed by atoms with E-state index in [1.807, 2.05) is 0 Å². The third-order valence-corrected chi connectivity index (χ3v) is 7.90. The zero-order chi connectivity index (χ0) is 40.3. The molecule has 0 aromatic carbocycles. The standard InChI is InChI=1S/C34H44O20/c1-15(35)44-10-22-9-25(49-18(4)38)28-24(32(42)43-8)13-48-33(27(22)28)54-34-31(52-21(7)41)30(51-20(6)40)29(50-19(5)39)26(53-34)14-47-23(11-45-16(2)36)12-46-17(3)37/h9,13,23,25-31,33-34H,10-12,14H2,1-8H3/t25-,26-,27-,28+,29-,30+,31-,33+,34+/m1/s1. The molecule has 2 heterocycles. The van der Waals surface area contributed by atoms with Gasteiger partial charge in [-0.2, -0.15) is 0 Å². The molecule has 1 saturated heterocycles. The maximum atomic E-state index is 12.9. The Hall–Kier alpha value is -5.08. The average Bonchev–Trinajstić information content (AvgIpc) is 3.42. The van der Waals surface area contributed by atoms with Gasteiger partial charge in [-0.05, 0) is 11.6 Å². The molecular weight excluding hydrogens is 728 g/mol. The summed E-state index contributed by atoms with van der Waals surface area (Å²) in [6.07, 6.45) is -9.00. The van der Waals surface area contributed by atoms with Crippen molar-refractivity contribution < 1.29 is 95.2 Å². The minimum Gasteiger partial charge on any atom is -0.471 e. The number of rotatable bonds is 16. The van der Waals surface area contributed by atoms with Gasteiger partial charge in [0.2, 0.25) is 12.6 Å². The topological polar surface area (TPSA) is 247 Å². The molecule has 0 saturated carbocycles. The van der Waals surface area contributed by atoms with Crippen molar-refractivity contribution in [3.05, 3.63) is 23.5 Å². The molecule has 3 rings (SSSR count). The molecule has 1 fully saturated rings. The second-order valence-corrected chi connectivity index (χ2v) is 12.2. The summed E-state index contributed by atoms with van der Waals surface area (Å²) in [4.78, 5) is 97.1. The van der Waals surface area contributed by atoms with Crippen LogP contribution in [0.1, 0.15) is 48.5 Å². The zero-order valence-corrected chi connectivity index (χ0v) is 30.9. The van der Waals surface area contributed by atoms with Crippen LogP contribution in [0.5, 0.6) is 0 Å². The highest BCUT2D eigenvalue weighted by Crippen LogP contribution is 2.46. The maximum absolute atomic E-state index is 12.9. The number of esters is 8. The van der Waals surface area contributed by atoms with Crippen molar-refractivity contribution in [1.29, 1.82) is 0 Å². The first kappa shape index (κ1) is 43.3. The molecule has 0 unspecified atom stereocenters. The largest absolute Gasteiger partial charge is 0.471 e. The highest BCUT2D eigenvalue weighted by molar-refractivity contribution is 5.89. The van der Waals surface area contributed by atoms with E-state index in [9.17, 15) is 38.4 Å². The second kappa shape index (κ2) is 19.8. The highest BCUT2D eigenvalue weighted by atomic mass is 16.8. The Bertz CT molecular complexity index is 1480. The third kappa shape index (κ3) is 12.2. The van der Waals surface area contributed by atoms with E-state index in [1.165, 1.54) is 13.0 Å².